The highest BCUT2D eigenvalue weighted by atomic mass is 35.5. The van der Waals surface area contributed by atoms with Gasteiger partial charge in [0.1, 0.15) is 17.7 Å². The van der Waals surface area contributed by atoms with Crippen molar-refractivity contribution in [2.75, 3.05) is 7.05 Å². The average molecular weight is 430 g/mol. The minimum atomic E-state index is -1.27. The highest BCUT2D eigenvalue weighted by Crippen LogP contribution is 2.53. The lowest BCUT2D eigenvalue weighted by Crippen LogP contribution is -2.55. The number of nitrogens with zero attached hydrogens (tertiary/aromatic N) is 2. The third-order valence-corrected chi connectivity index (χ3v) is 6.64. The third kappa shape index (κ3) is 2.72. The van der Waals surface area contributed by atoms with Gasteiger partial charge in [0.25, 0.3) is 5.91 Å². The number of rotatable bonds is 1. The molecule has 3 unspecified atom stereocenters. The van der Waals surface area contributed by atoms with Crippen molar-refractivity contribution in [2.45, 2.75) is 37.0 Å². The van der Waals surface area contributed by atoms with Crippen LogP contribution in [0.3, 0.4) is 0 Å². The summed E-state index contributed by atoms with van der Waals surface area (Å²) in [6.07, 6.45) is 0.836. The van der Waals surface area contributed by atoms with Gasteiger partial charge in [-0.1, -0.05) is 17.7 Å². The number of hydrogen-bond acceptors (Lipinski definition) is 5. The van der Waals surface area contributed by atoms with E-state index in [9.17, 15) is 14.3 Å². The summed E-state index contributed by atoms with van der Waals surface area (Å²) in [7, 11) is 1.59. The fourth-order valence-corrected chi connectivity index (χ4v) is 5.20. The summed E-state index contributed by atoms with van der Waals surface area (Å²) in [5.41, 5.74) is 6.63. The monoisotopic (exact) mass is 429 g/mol. The Hall–Kier alpha value is -2.64. The van der Waals surface area contributed by atoms with E-state index in [2.05, 4.69) is 4.99 Å². The molecular formula is C22H21ClFN3O3. The molecule has 2 aliphatic heterocycles. The van der Waals surface area contributed by atoms with Crippen molar-refractivity contribution in [1.29, 1.82) is 0 Å². The number of aliphatic imine (C=N–C) groups is 1. The molecule has 6 nitrogen and oxygen atoms in total. The maximum Gasteiger partial charge on any atom is 0.262 e. The van der Waals surface area contributed by atoms with Crippen LogP contribution in [-0.2, 0) is 10.3 Å². The van der Waals surface area contributed by atoms with Crippen molar-refractivity contribution in [2.24, 2.45) is 16.6 Å². The number of aliphatic hydroxyl groups is 1. The van der Waals surface area contributed by atoms with Crippen LogP contribution < -0.4 is 10.5 Å². The summed E-state index contributed by atoms with van der Waals surface area (Å²) in [5.74, 6) is -0.361. The van der Waals surface area contributed by atoms with Gasteiger partial charge in [-0.2, -0.15) is 0 Å². The molecule has 3 N–H and O–H groups in total. The van der Waals surface area contributed by atoms with E-state index in [1.54, 1.807) is 25.2 Å². The molecule has 2 aromatic carbocycles. The van der Waals surface area contributed by atoms with Crippen LogP contribution >= 0.6 is 11.6 Å². The fraction of sp³-hybridized carbons (Fsp3) is 0.364. The standard InChI is InChI=1S/C22H21ClFN3O3/c1-27-20(29)22(26-21(27)25)16-8-11(12-6-13(23)9-14(24)7-12)2-4-18(16)30-19-5-3-15(28)10-17(19)22/h2,4,6-9,15,17,19,28H,3,5,10H2,1H3,(H2,25,26)/t15?,17-,19?,22?/m1/s1. The van der Waals surface area contributed by atoms with Crippen LogP contribution in [0.4, 0.5) is 4.39 Å². The van der Waals surface area contributed by atoms with Crippen molar-refractivity contribution < 1.29 is 19.0 Å². The largest absolute Gasteiger partial charge is 0.490 e. The summed E-state index contributed by atoms with van der Waals surface area (Å²) in [5, 5.41) is 10.6. The molecule has 0 bridgehead atoms. The van der Waals surface area contributed by atoms with Gasteiger partial charge in [-0.3, -0.25) is 9.69 Å². The van der Waals surface area contributed by atoms with Crippen molar-refractivity contribution in [3.63, 3.8) is 0 Å². The first-order chi connectivity index (χ1) is 14.3. The maximum absolute atomic E-state index is 13.9. The zero-order valence-electron chi connectivity index (χ0n) is 16.3. The summed E-state index contributed by atoms with van der Waals surface area (Å²) in [4.78, 5) is 19.5. The highest BCUT2D eigenvalue weighted by Gasteiger charge is 2.60. The van der Waals surface area contributed by atoms with Gasteiger partial charge in [0.05, 0.1) is 6.10 Å². The topological polar surface area (TPSA) is 88.2 Å². The lowest BCUT2D eigenvalue weighted by atomic mass is 9.66. The predicted molar refractivity (Wildman–Crippen MR) is 111 cm³/mol. The smallest absolute Gasteiger partial charge is 0.262 e. The second-order valence-electron chi connectivity index (χ2n) is 8.20. The van der Waals surface area contributed by atoms with Gasteiger partial charge in [0.2, 0.25) is 0 Å². The number of likely N-dealkylation sites (N-methyl/N-ethyl adjacent to an activating group) is 1. The third-order valence-electron chi connectivity index (χ3n) is 6.43. The van der Waals surface area contributed by atoms with Crippen LogP contribution in [0.5, 0.6) is 5.75 Å². The number of ether oxygens (including phenoxy) is 1. The number of carbonyl (C=O) groups is 1. The Balaban J connectivity index is 1.72. The van der Waals surface area contributed by atoms with E-state index in [1.807, 2.05) is 6.07 Å². The number of amides is 1. The van der Waals surface area contributed by atoms with E-state index in [4.69, 9.17) is 22.1 Å². The van der Waals surface area contributed by atoms with Crippen LogP contribution in [-0.4, -0.2) is 41.1 Å². The van der Waals surface area contributed by atoms with Gasteiger partial charge in [0, 0.05) is 23.6 Å². The van der Waals surface area contributed by atoms with E-state index in [1.165, 1.54) is 17.0 Å². The Morgan fingerprint density at radius 3 is 2.77 bits per heavy atom. The zero-order chi connectivity index (χ0) is 21.2. The van der Waals surface area contributed by atoms with Crippen LogP contribution in [0, 0.1) is 11.7 Å². The second-order valence-corrected chi connectivity index (χ2v) is 8.64. The number of benzene rings is 2. The molecule has 8 heteroatoms. The van der Waals surface area contributed by atoms with Crippen LogP contribution in [0.25, 0.3) is 11.1 Å². The summed E-state index contributed by atoms with van der Waals surface area (Å²) >= 11 is 6.04. The molecule has 156 valence electrons. The number of fused-ring (bicyclic) bond motifs is 4. The summed E-state index contributed by atoms with van der Waals surface area (Å²) in [6.45, 7) is 0. The molecule has 0 radical (unpaired) electrons. The van der Waals surface area contributed by atoms with Crippen molar-refractivity contribution >= 4 is 23.5 Å². The Kier molecular flexibility index (Phi) is 4.31. The molecule has 1 amide bonds. The molecule has 4 atom stereocenters. The van der Waals surface area contributed by atoms with Crippen molar-refractivity contribution in [1.82, 2.24) is 4.90 Å². The Morgan fingerprint density at radius 2 is 2.07 bits per heavy atom. The molecular weight excluding hydrogens is 409 g/mol. The van der Waals surface area contributed by atoms with Crippen LogP contribution in [0.2, 0.25) is 5.02 Å². The van der Waals surface area contributed by atoms with E-state index < -0.39 is 17.5 Å². The first-order valence-electron chi connectivity index (χ1n) is 9.89. The number of guanidine groups is 1. The molecule has 5 rings (SSSR count). The molecule has 1 aliphatic carbocycles. The SMILES string of the molecule is CN1C(=O)C2(N=C1N)c1cc(-c3cc(F)cc(Cl)c3)ccc1OC1CCC(O)C[C@H]12. The van der Waals surface area contributed by atoms with Crippen LogP contribution in [0.1, 0.15) is 24.8 Å². The Morgan fingerprint density at radius 1 is 1.27 bits per heavy atom. The molecule has 2 heterocycles. The quantitative estimate of drug-likeness (QED) is 0.729. The number of halogens is 2. The molecule has 1 saturated carbocycles. The number of aliphatic hydroxyl groups excluding tert-OH is 1. The molecule has 1 spiro atoms. The molecule has 0 saturated heterocycles. The fourth-order valence-electron chi connectivity index (χ4n) is 4.97. The first kappa shape index (κ1) is 19.3. The zero-order valence-corrected chi connectivity index (χ0v) is 17.1. The van der Waals surface area contributed by atoms with Gasteiger partial charge < -0.3 is 15.6 Å². The number of hydrogen-bond donors (Lipinski definition) is 2. The van der Waals surface area contributed by atoms with Gasteiger partial charge in [-0.15, -0.1) is 0 Å². The minimum Gasteiger partial charge on any atom is -0.490 e. The summed E-state index contributed by atoms with van der Waals surface area (Å²) in [6, 6.07) is 9.68. The van der Waals surface area contributed by atoms with Gasteiger partial charge in [0.15, 0.2) is 11.5 Å². The van der Waals surface area contributed by atoms with Crippen LogP contribution in [0.15, 0.2) is 41.4 Å². The Labute approximate surface area is 178 Å². The lowest BCUT2D eigenvalue weighted by Gasteiger charge is -2.47. The highest BCUT2D eigenvalue weighted by molar-refractivity contribution is 6.30. The molecule has 1 fully saturated rings. The van der Waals surface area contributed by atoms with Gasteiger partial charge in [-0.05, 0) is 60.7 Å². The molecule has 30 heavy (non-hydrogen) atoms. The molecule has 3 aliphatic rings. The van der Waals surface area contributed by atoms with E-state index in [0.29, 0.717) is 41.7 Å². The van der Waals surface area contributed by atoms with Gasteiger partial charge >= 0.3 is 0 Å². The van der Waals surface area contributed by atoms with E-state index in [0.717, 1.165) is 0 Å². The first-order valence-corrected chi connectivity index (χ1v) is 10.3. The molecule has 0 aromatic heterocycles. The Bertz CT molecular complexity index is 1070. The second kappa shape index (κ2) is 6.68. The maximum atomic E-state index is 13.9. The predicted octanol–water partition coefficient (Wildman–Crippen LogP) is 3.05. The van der Waals surface area contributed by atoms with Crippen molar-refractivity contribution in [3.8, 4) is 16.9 Å². The number of carbonyl (C=O) groups excluding carboxylic acids is 1. The van der Waals surface area contributed by atoms with E-state index >= 15 is 0 Å². The van der Waals surface area contributed by atoms with E-state index in [-0.39, 0.29) is 28.9 Å². The normalized spacial score (nSPS) is 30.0. The minimum absolute atomic E-state index is 0.130. The number of nitrogens with two attached hydrogens (primary N) is 1. The summed E-state index contributed by atoms with van der Waals surface area (Å²) < 4.78 is 20.2. The van der Waals surface area contributed by atoms with Gasteiger partial charge in [-0.25, -0.2) is 9.38 Å². The molecule has 2 aromatic rings. The van der Waals surface area contributed by atoms with Crippen molar-refractivity contribution in [3.05, 3.63) is 52.8 Å². The lowest BCUT2D eigenvalue weighted by molar-refractivity contribution is -0.138. The average Bonchev–Trinajstić information content (AvgIpc) is 2.93.